The molecule has 0 spiro atoms. The van der Waals surface area contributed by atoms with Crippen LogP contribution in [0.2, 0.25) is 0 Å². The van der Waals surface area contributed by atoms with Gasteiger partial charge in [-0.1, -0.05) is 30.0 Å². The molecule has 0 aliphatic carbocycles. The highest BCUT2D eigenvalue weighted by molar-refractivity contribution is 7.99. The Morgan fingerprint density at radius 1 is 1.00 bits per heavy atom. The minimum atomic E-state index is -0.197. The van der Waals surface area contributed by atoms with Crippen LogP contribution in [-0.2, 0) is 0 Å². The Balaban J connectivity index is 2.19. The molecule has 69 valence electrons. The van der Waals surface area contributed by atoms with Crippen molar-refractivity contribution in [1.29, 1.82) is 0 Å². The van der Waals surface area contributed by atoms with Crippen molar-refractivity contribution in [2.75, 3.05) is 0 Å². The van der Waals surface area contributed by atoms with E-state index in [4.69, 9.17) is 0 Å². The van der Waals surface area contributed by atoms with Gasteiger partial charge in [-0.15, -0.1) is 0 Å². The summed E-state index contributed by atoms with van der Waals surface area (Å²) in [6.45, 7) is 0. The van der Waals surface area contributed by atoms with Crippen molar-refractivity contribution in [2.24, 2.45) is 0 Å². The summed E-state index contributed by atoms with van der Waals surface area (Å²) in [5.41, 5.74) is 0. The molecule has 0 nitrogen and oxygen atoms in total. The molecular weight excluding hydrogens is 195 g/mol. The highest BCUT2D eigenvalue weighted by Crippen LogP contribution is 2.27. The molecule has 0 heterocycles. The number of rotatable bonds is 2. The monoisotopic (exact) mass is 203 g/mol. The molecule has 0 aliphatic heterocycles. The highest BCUT2D eigenvalue weighted by atomic mass is 32.2. The second-order valence-corrected chi connectivity index (χ2v) is 3.94. The Bertz CT molecular complexity index is 412. The summed E-state index contributed by atoms with van der Waals surface area (Å²) < 4.78 is 12.9. The Morgan fingerprint density at radius 3 is 2.50 bits per heavy atom. The second-order valence-electron chi connectivity index (χ2n) is 2.80. The lowest BCUT2D eigenvalue weighted by molar-refractivity contribution is 0.624. The molecule has 0 aliphatic rings. The minimum absolute atomic E-state index is 0.197. The molecule has 2 aromatic rings. The van der Waals surface area contributed by atoms with Crippen molar-refractivity contribution in [1.82, 2.24) is 0 Å². The topological polar surface area (TPSA) is 0 Å². The first-order valence-corrected chi connectivity index (χ1v) is 5.06. The van der Waals surface area contributed by atoms with Gasteiger partial charge in [0.1, 0.15) is 5.82 Å². The molecule has 1 radical (unpaired) electrons. The first-order valence-electron chi connectivity index (χ1n) is 4.24. The average Bonchev–Trinajstić information content (AvgIpc) is 2.19. The number of benzene rings is 2. The van der Waals surface area contributed by atoms with E-state index in [-0.39, 0.29) is 5.82 Å². The maximum atomic E-state index is 12.9. The van der Waals surface area contributed by atoms with E-state index in [9.17, 15) is 4.39 Å². The maximum absolute atomic E-state index is 12.9. The molecule has 0 saturated heterocycles. The normalized spacial score (nSPS) is 10.1. The predicted molar refractivity (Wildman–Crippen MR) is 55.8 cm³/mol. The first kappa shape index (κ1) is 9.28. The Morgan fingerprint density at radius 2 is 1.79 bits per heavy atom. The fourth-order valence-electron chi connectivity index (χ4n) is 1.11. The largest absolute Gasteiger partial charge is 0.207 e. The van der Waals surface area contributed by atoms with Gasteiger partial charge in [0.05, 0.1) is 0 Å². The Kier molecular flexibility index (Phi) is 2.84. The summed E-state index contributed by atoms with van der Waals surface area (Å²) in [6, 6.07) is 17.1. The van der Waals surface area contributed by atoms with Crippen molar-refractivity contribution >= 4 is 11.8 Å². The smallest absolute Gasteiger partial charge is 0.124 e. The van der Waals surface area contributed by atoms with Crippen molar-refractivity contribution in [3.63, 3.8) is 0 Å². The third kappa shape index (κ3) is 2.36. The van der Waals surface area contributed by atoms with E-state index in [0.29, 0.717) is 0 Å². The zero-order chi connectivity index (χ0) is 9.80. The fourth-order valence-corrected chi connectivity index (χ4v) is 1.97. The molecule has 0 atom stereocenters. The molecular formula is C12H8FS. The van der Waals surface area contributed by atoms with E-state index in [1.165, 1.54) is 12.1 Å². The van der Waals surface area contributed by atoms with Gasteiger partial charge in [0.25, 0.3) is 0 Å². The fraction of sp³-hybridized carbons (Fsp3) is 0. The van der Waals surface area contributed by atoms with Crippen LogP contribution in [0.3, 0.4) is 0 Å². The van der Waals surface area contributed by atoms with Crippen LogP contribution in [-0.4, -0.2) is 0 Å². The van der Waals surface area contributed by atoms with Crippen LogP contribution in [0, 0.1) is 11.9 Å². The van der Waals surface area contributed by atoms with Gasteiger partial charge in [0, 0.05) is 9.79 Å². The molecule has 0 unspecified atom stereocenters. The van der Waals surface area contributed by atoms with Crippen LogP contribution >= 0.6 is 11.8 Å². The molecule has 2 heteroatoms. The quantitative estimate of drug-likeness (QED) is 0.715. The van der Waals surface area contributed by atoms with Crippen molar-refractivity contribution < 1.29 is 4.39 Å². The zero-order valence-corrected chi connectivity index (χ0v) is 8.22. The summed E-state index contributed by atoms with van der Waals surface area (Å²) >= 11 is 1.54. The van der Waals surface area contributed by atoms with Gasteiger partial charge >= 0.3 is 0 Å². The van der Waals surface area contributed by atoms with Crippen LogP contribution < -0.4 is 0 Å². The zero-order valence-electron chi connectivity index (χ0n) is 7.41. The van der Waals surface area contributed by atoms with Gasteiger partial charge in [-0.05, 0) is 36.4 Å². The average molecular weight is 203 g/mol. The molecule has 2 rings (SSSR count). The van der Waals surface area contributed by atoms with Crippen LogP contribution in [0.25, 0.3) is 0 Å². The van der Waals surface area contributed by atoms with Crippen molar-refractivity contribution in [2.45, 2.75) is 9.79 Å². The predicted octanol–water partition coefficient (Wildman–Crippen LogP) is 3.78. The van der Waals surface area contributed by atoms with E-state index in [1.807, 2.05) is 30.3 Å². The summed E-state index contributed by atoms with van der Waals surface area (Å²) in [5, 5.41) is 0. The van der Waals surface area contributed by atoms with Gasteiger partial charge in [-0.25, -0.2) is 4.39 Å². The summed E-state index contributed by atoms with van der Waals surface area (Å²) in [6.07, 6.45) is 0. The van der Waals surface area contributed by atoms with Gasteiger partial charge < -0.3 is 0 Å². The van der Waals surface area contributed by atoms with Crippen LogP contribution in [0.15, 0.2) is 58.3 Å². The maximum Gasteiger partial charge on any atom is 0.124 e. The third-order valence-electron chi connectivity index (χ3n) is 1.72. The highest BCUT2D eigenvalue weighted by Gasteiger charge is 1.97. The molecule has 0 aromatic heterocycles. The number of halogens is 1. The lowest BCUT2D eigenvalue weighted by atomic mass is 10.3. The van der Waals surface area contributed by atoms with Crippen LogP contribution in [0.1, 0.15) is 0 Å². The SMILES string of the molecule is Fc1cccc(Sc2cc[c]cc2)c1. The molecule has 0 saturated carbocycles. The van der Waals surface area contributed by atoms with Crippen molar-refractivity contribution in [3.8, 4) is 0 Å². The summed E-state index contributed by atoms with van der Waals surface area (Å²) in [7, 11) is 0. The molecule has 0 fully saturated rings. The first-order chi connectivity index (χ1) is 6.84. The molecule has 14 heavy (non-hydrogen) atoms. The van der Waals surface area contributed by atoms with Gasteiger partial charge in [-0.2, -0.15) is 0 Å². The second kappa shape index (κ2) is 4.29. The van der Waals surface area contributed by atoms with Gasteiger partial charge in [0.15, 0.2) is 0 Å². The lowest BCUT2D eigenvalue weighted by Gasteiger charge is -2.00. The van der Waals surface area contributed by atoms with E-state index >= 15 is 0 Å². The van der Waals surface area contributed by atoms with Crippen LogP contribution in [0.4, 0.5) is 4.39 Å². The molecule has 0 amide bonds. The number of hydrogen-bond acceptors (Lipinski definition) is 1. The van der Waals surface area contributed by atoms with Crippen molar-refractivity contribution in [3.05, 3.63) is 60.4 Å². The molecule has 0 bridgehead atoms. The van der Waals surface area contributed by atoms with E-state index in [2.05, 4.69) is 6.07 Å². The van der Waals surface area contributed by atoms with Crippen LogP contribution in [0.5, 0.6) is 0 Å². The van der Waals surface area contributed by atoms with E-state index in [1.54, 1.807) is 17.8 Å². The standard InChI is InChI=1S/C12H8FS/c13-10-5-4-8-12(9-10)14-11-6-2-1-3-7-11/h2-9H. The molecule has 0 N–H and O–H groups in total. The summed E-state index contributed by atoms with van der Waals surface area (Å²) in [5.74, 6) is -0.197. The van der Waals surface area contributed by atoms with Gasteiger partial charge in [0.2, 0.25) is 0 Å². The lowest BCUT2D eigenvalue weighted by Crippen LogP contribution is -1.75. The third-order valence-corrected chi connectivity index (χ3v) is 2.72. The Hall–Kier alpha value is -1.28. The van der Waals surface area contributed by atoms with E-state index in [0.717, 1.165) is 9.79 Å². The van der Waals surface area contributed by atoms with Gasteiger partial charge in [-0.3, -0.25) is 0 Å². The molecule has 2 aromatic carbocycles. The van der Waals surface area contributed by atoms with E-state index < -0.39 is 0 Å². The summed E-state index contributed by atoms with van der Waals surface area (Å²) in [4.78, 5) is 2.01. The Labute approximate surface area is 86.8 Å². The minimum Gasteiger partial charge on any atom is -0.207 e. The number of hydrogen-bond donors (Lipinski definition) is 0.